The molecule has 0 fully saturated rings. The summed E-state index contributed by atoms with van der Waals surface area (Å²) >= 11 is 0. The van der Waals surface area contributed by atoms with Crippen molar-refractivity contribution in [1.82, 2.24) is 4.90 Å². The Balaban J connectivity index is 1.79. The molecule has 1 aliphatic heterocycles. The van der Waals surface area contributed by atoms with Crippen molar-refractivity contribution in [2.24, 2.45) is 0 Å². The largest absolute Gasteiger partial charge is 0.352 e. The van der Waals surface area contributed by atoms with Gasteiger partial charge in [0.05, 0.1) is 0 Å². The lowest BCUT2D eigenvalue weighted by Gasteiger charge is -2.33. The molecule has 0 saturated heterocycles. The fourth-order valence-electron chi connectivity index (χ4n) is 3.20. The molecule has 0 aliphatic carbocycles. The summed E-state index contributed by atoms with van der Waals surface area (Å²) in [5.74, 6) is 0. The van der Waals surface area contributed by atoms with Crippen molar-refractivity contribution >= 4 is 5.69 Å². The average Bonchev–Trinajstić information content (AvgIpc) is 3.04. The zero-order chi connectivity index (χ0) is 15.9. The molecule has 0 radical (unpaired) electrons. The molecule has 0 saturated carbocycles. The van der Waals surface area contributed by atoms with E-state index in [4.69, 9.17) is 0 Å². The van der Waals surface area contributed by atoms with Crippen LogP contribution in [0, 0.1) is 0 Å². The van der Waals surface area contributed by atoms with Crippen molar-refractivity contribution < 1.29 is 0 Å². The van der Waals surface area contributed by atoms with E-state index in [0.29, 0.717) is 0 Å². The predicted octanol–water partition coefficient (Wildman–Crippen LogP) is 5.56. The molecule has 2 heteroatoms. The summed E-state index contributed by atoms with van der Waals surface area (Å²) in [6.45, 7) is 3.37. The van der Waals surface area contributed by atoms with Gasteiger partial charge in [-0.3, -0.25) is 0 Å². The molecule has 0 bridgehead atoms. The van der Waals surface area contributed by atoms with Crippen LogP contribution in [0.25, 0.3) is 0 Å². The van der Waals surface area contributed by atoms with Crippen LogP contribution >= 0.6 is 0 Å². The standard InChI is InChI=1S/C21H26N2/c1-2-3-4-11-16-22-17-18-23(20-14-9-6-10-15-20)21(22)19-12-7-5-8-13-19/h5-10,12-15,17-18,21H,2-4,11,16H2,1H3. The van der Waals surface area contributed by atoms with Crippen LogP contribution in [0.2, 0.25) is 0 Å². The van der Waals surface area contributed by atoms with E-state index in [-0.39, 0.29) is 6.17 Å². The van der Waals surface area contributed by atoms with Crippen molar-refractivity contribution in [3.8, 4) is 0 Å². The molecular weight excluding hydrogens is 280 g/mol. The number of rotatable bonds is 7. The van der Waals surface area contributed by atoms with Gasteiger partial charge in [0.15, 0.2) is 0 Å². The van der Waals surface area contributed by atoms with Crippen LogP contribution in [-0.4, -0.2) is 11.4 Å². The molecule has 1 aliphatic rings. The molecular formula is C21H26N2. The molecule has 0 aromatic heterocycles. The molecule has 0 amide bonds. The molecule has 2 aromatic carbocycles. The molecule has 1 atom stereocenters. The Morgan fingerprint density at radius 2 is 1.48 bits per heavy atom. The molecule has 0 N–H and O–H groups in total. The molecule has 1 heterocycles. The van der Waals surface area contributed by atoms with Crippen LogP contribution in [0.5, 0.6) is 0 Å². The molecule has 0 spiro atoms. The van der Waals surface area contributed by atoms with E-state index in [0.717, 1.165) is 6.54 Å². The van der Waals surface area contributed by atoms with Gasteiger partial charge in [-0.2, -0.15) is 0 Å². The van der Waals surface area contributed by atoms with Crippen LogP contribution in [0.3, 0.4) is 0 Å². The lowest BCUT2D eigenvalue weighted by Crippen LogP contribution is -2.31. The van der Waals surface area contributed by atoms with Crippen molar-refractivity contribution in [2.75, 3.05) is 11.4 Å². The molecule has 23 heavy (non-hydrogen) atoms. The van der Waals surface area contributed by atoms with Crippen LogP contribution < -0.4 is 4.90 Å². The van der Waals surface area contributed by atoms with Crippen LogP contribution in [0.1, 0.15) is 44.3 Å². The number of hydrogen-bond acceptors (Lipinski definition) is 2. The highest BCUT2D eigenvalue weighted by Crippen LogP contribution is 2.35. The van der Waals surface area contributed by atoms with E-state index in [2.05, 4.69) is 89.8 Å². The minimum Gasteiger partial charge on any atom is -0.352 e. The lowest BCUT2D eigenvalue weighted by molar-refractivity contribution is 0.297. The minimum absolute atomic E-state index is 0.264. The average molecular weight is 306 g/mol. The van der Waals surface area contributed by atoms with E-state index >= 15 is 0 Å². The maximum absolute atomic E-state index is 2.47. The number of nitrogens with zero attached hydrogens (tertiary/aromatic N) is 2. The Labute approximate surface area is 140 Å². The zero-order valence-corrected chi connectivity index (χ0v) is 13.9. The van der Waals surface area contributed by atoms with E-state index < -0.39 is 0 Å². The fraction of sp³-hybridized carbons (Fsp3) is 0.333. The van der Waals surface area contributed by atoms with Gasteiger partial charge >= 0.3 is 0 Å². The first-order valence-electron chi connectivity index (χ1n) is 8.72. The molecule has 120 valence electrons. The van der Waals surface area contributed by atoms with Crippen LogP contribution in [0.15, 0.2) is 73.1 Å². The second-order valence-corrected chi connectivity index (χ2v) is 6.12. The Bertz CT molecular complexity index is 606. The van der Waals surface area contributed by atoms with E-state index in [1.165, 1.54) is 36.9 Å². The lowest BCUT2D eigenvalue weighted by atomic mass is 10.1. The maximum Gasteiger partial charge on any atom is 0.132 e. The van der Waals surface area contributed by atoms with E-state index in [9.17, 15) is 0 Å². The van der Waals surface area contributed by atoms with Crippen molar-refractivity contribution in [2.45, 2.75) is 38.8 Å². The highest BCUT2D eigenvalue weighted by Gasteiger charge is 2.28. The van der Waals surface area contributed by atoms with Gasteiger partial charge in [-0.25, -0.2) is 0 Å². The quantitative estimate of drug-likeness (QED) is 0.618. The molecule has 3 rings (SSSR count). The van der Waals surface area contributed by atoms with E-state index in [1.54, 1.807) is 0 Å². The third-order valence-corrected chi connectivity index (χ3v) is 4.42. The van der Waals surface area contributed by atoms with Gasteiger partial charge in [0.2, 0.25) is 0 Å². The summed E-state index contributed by atoms with van der Waals surface area (Å²) in [5, 5.41) is 0. The van der Waals surface area contributed by atoms with Gasteiger partial charge < -0.3 is 9.80 Å². The SMILES string of the molecule is CCCCCCN1C=CN(c2ccccc2)C1c1ccccc1. The molecule has 1 unspecified atom stereocenters. The van der Waals surface area contributed by atoms with Gasteiger partial charge in [0.1, 0.15) is 6.17 Å². The third kappa shape index (κ3) is 3.76. The predicted molar refractivity (Wildman–Crippen MR) is 98.1 cm³/mol. The zero-order valence-electron chi connectivity index (χ0n) is 13.9. The summed E-state index contributed by atoms with van der Waals surface area (Å²) < 4.78 is 0. The smallest absolute Gasteiger partial charge is 0.132 e. The van der Waals surface area contributed by atoms with Crippen LogP contribution in [-0.2, 0) is 0 Å². The molecule has 2 nitrogen and oxygen atoms in total. The second kappa shape index (κ2) is 7.87. The highest BCUT2D eigenvalue weighted by molar-refractivity contribution is 5.53. The highest BCUT2D eigenvalue weighted by atomic mass is 15.4. The first-order chi connectivity index (χ1) is 11.4. The molecule has 2 aromatic rings. The first kappa shape index (κ1) is 15.7. The number of anilines is 1. The van der Waals surface area contributed by atoms with Crippen LogP contribution in [0.4, 0.5) is 5.69 Å². The van der Waals surface area contributed by atoms with Gasteiger partial charge in [-0.05, 0) is 24.1 Å². The number of hydrogen-bond donors (Lipinski definition) is 0. The monoisotopic (exact) mass is 306 g/mol. The summed E-state index contributed by atoms with van der Waals surface area (Å²) in [7, 11) is 0. The van der Waals surface area contributed by atoms with Gasteiger partial charge in [0.25, 0.3) is 0 Å². The van der Waals surface area contributed by atoms with Gasteiger partial charge in [-0.1, -0.05) is 74.7 Å². The number of benzene rings is 2. The first-order valence-corrected chi connectivity index (χ1v) is 8.72. The summed E-state index contributed by atoms with van der Waals surface area (Å²) in [5.41, 5.74) is 2.59. The summed E-state index contributed by atoms with van der Waals surface area (Å²) in [4.78, 5) is 4.84. The third-order valence-electron chi connectivity index (χ3n) is 4.42. The van der Waals surface area contributed by atoms with Gasteiger partial charge in [0, 0.05) is 24.6 Å². The maximum atomic E-state index is 2.47. The normalized spacial score (nSPS) is 17.0. The topological polar surface area (TPSA) is 6.48 Å². The second-order valence-electron chi connectivity index (χ2n) is 6.12. The van der Waals surface area contributed by atoms with Crippen molar-refractivity contribution in [3.63, 3.8) is 0 Å². The number of para-hydroxylation sites is 1. The Kier molecular flexibility index (Phi) is 5.36. The summed E-state index contributed by atoms with van der Waals surface area (Å²) in [6, 6.07) is 21.5. The minimum atomic E-state index is 0.264. The Morgan fingerprint density at radius 3 is 2.17 bits per heavy atom. The van der Waals surface area contributed by atoms with Gasteiger partial charge in [-0.15, -0.1) is 0 Å². The van der Waals surface area contributed by atoms with Crippen molar-refractivity contribution in [1.29, 1.82) is 0 Å². The Hall–Kier alpha value is -2.22. The van der Waals surface area contributed by atoms with Crippen molar-refractivity contribution in [3.05, 3.63) is 78.6 Å². The fourth-order valence-corrected chi connectivity index (χ4v) is 3.20. The number of unbranched alkanes of at least 4 members (excludes halogenated alkanes) is 3. The summed E-state index contributed by atoms with van der Waals surface area (Å²) in [6.07, 6.45) is 9.91. The Morgan fingerprint density at radius 1 is 0.783 bits per heavy atom. The van der Waals surface area contributed by atoms with E-state index in [1.807, 2.05) is 0 Å².